The van der Waals surface area contributed by atoms with Crippen LogP contribution in [0.1, 0.15) is 28.8 Å². The lowest BCUT2D eigenvalue weighted by Crippen LogP contribution is -2.28. The van der Waals surface area contributed by atoms with Crippen LogP contribution in [0.25, 0.3) is 10.8 Å². The lowest BCUT2D eigenvalue weighted by molar-refractivity contribution is 0.101. The molecule has 5 rings (SSSR count). The number of aromatic nitrogens is 2. The fourth-order valence-corrected chi connectivity index (χ4v) is 7.38. The van der Waals surface area contributed by atoms with E-state index in [2.05, 4.69) is 45.8 Å². The zero-order valence-electron chi connectivity index (χ0n) is 18.9. The fraction of sp³-hybridized carbons (Fsp3) is 0.240. The third-order valence-corrected chi connectivity index (χ3v) is 9.85. The van der Waals surface area contributed by atoms with E-state index in [1.807, 2.05) is 12.1 Å². The van der Waals surface area contributed by atoms with E-state index in [1.165, 1.54) is 38.0 Å². The van der Waals surface area contributed by atoms with Crippen LogP contribution in [0.15, 0.2) is 76.0 Å². The van der Waals surface area contributed by atoms with Gasteiger partial charge in [-0.3, -0.25) is 4.79 Å². The van der Waals surface area contributed by atoms with Crippen molar-refractivity contribution in [2.45, 2.75) is 27.8 Å². The molecule has 3 aromatic carbocycles. The van der Waals surface area contributed by atoms with Gasteiger partial charge in [-0.05, 0) is 41.3 Å². The number of nitrogens with one attached hydrogen (secondary N) is 1. The number of sulfonamides is 1. The van der Waals surface area contributed by atoms with Crippen molar-refractivity contribution in [2.24, 2.45) is 0 Å². The van der Waals surface area contributed by atoms with Gasteiger partial charge in [-0.2, -0.15) is 4.31 Å². The second-order valence-corrected chi connectivity index (χ2v) is 12.4. The van der Waals surface area contributed by atoms with Crippen molar-refractivity contribution in [1.29, 1.82) is 0 Å². The average molecular weight is 525 g/mol. The van der Waals surface area contributed by atoms with Gasteiger partial charge in [0.05, 0.1) is 11.4 Å². The Hall–Kier alpha value is -2.79. The number of hydrogen-bond donors (Lipinski definition) is 1. The van der Waals surface area contributed by atoms with E-state index < -0.39 is 10.0 Å². The van der Waals surface area contributed by atoms with Gasteiger partial charge < -0.3 is 5.32 Å². The first-order valence-corrected chi connectivity index (χ1v) is 14.6. The minimum atomic E-state index is -3.56. The van der Waals surface area contributed by atoms with Gasteiger partial charge in [0.1, 0.15) is 0 Å². The summed E-state index contributed by atoms with van der Waals surface area (Å²) in [5, 5.41) is 14.4. The second kappa shape index (κ2) is 10.4. The van der Waals surface area contributed by atoms with E-state index in [-0.39, 0.29) is 17.2 Å². The maximum atomic E-state index is 12.8. The van der Waals surface area contributed by atoms with Crippen LogP contribution in [0.3, 0.4) is 0 Å². The number of fused-ring (bicyclic) bond motifs is 1. The van der Waals surface area contributed by atoms with E-state index >= 15 is 0 Å². The minimum Gasteiger partial charge on any atom is -0.353 e. The summed E-state index contributed by atoms with van der Waals surface area (Å²) in [5.41, 5.74) is 1.59. The van der Waals surface area contributed by atoms with Crippen LogP contribution in [0.4, 0.5) is 5.13 Å². The number of anilines is 1. The molecule has 10 heteroatoms. The predicted molar refractivity (Wildman–Crippen MR) is 141 cm³/mol. The second-order valence-electron chi connectivity index (χ2n) is 8.22. The van der Waals surface area contributed by atoms with Crippen molar-refractivity contribution in [1.82, 2.24) is 14.5 Å². The molecule has 0 radical (unpaired) electrons. The van der Waals surface area contributed by atoms with Crippen molar-refractivity contribution in [2.75, 3.05) is 25.0 Å². The van der Waals surface area contributed by atoms with Crippen LogP contribution in [0.2, 0.25) is 0 Å². The maximum Gasteiger partial charge on any atom is 0.243 e. The summed E-state index contributed by atoms with van der Waals surface area (Å²) in [6.07, 6.45) is 1.73. The van der Waals surface area contributed by atoms with Crippen molar-refractivity contribution < 1.29 is 13.2 Å². The summed E-state index contributed by atoms with van der Waals surface area (Å²) >= 11 is 3.00. The summed E-state index contributed by atoms with van der Waals surface area (Å²) in [4.78, 5) is 12.9. The number of benzene rings is 3. The summed E-state index contributed by atoms with van der Waals surface area (Å²) in [6.45, 7) is 1.07. The largest absolute Gasteiger partial charge is 0.353 e. The van der Waals surface area contributed by atoms with Crippen LogP contribution in [0, 0.1) is 0 Å². The average Bonchev–Trinajstić information content (AvgIpc) is 3.59. The lowest BCUT2D eigenvalue weighted by Gasteiger charge is -2.15. The standard InChI is InChI=1S/C25H24N4O3S3/c30-23(19-9-6-11-21(15-19)35(31,32)29-13-3-4-14-29)16-26-24-27-28-25(34-24)33-17-20-10-5-8-18-7-1-2-12-22(18)20/h1-2,5-12,15H,3-4,13-14,16-17H2,(H,26,27). The molecular formula is C25H24N4O3S3. The molecule has 7 nitrogen and oxygen atoms in total. The highest BCUT2D eigenvalue weighted by Crippen LogP contribution is 2.31. The molecular weight excluding hydrogens is 501 g/mol. The van der Waals surface area contributed by atoms with E-state index in [0.29, 0.717) is 23.8 Å². The van der Waals surface area contributed by atoms with Crippen LogP contribution >= 0.6 is 23.1 Å². The van der Waals surface area contributed by atoms with Gasteiger partial charge in [0, 0.05) is 24.4 Å². The Kier molecular flexibility index (Phi) is 7.14. The number of nitrogens with zero attached hydrogens (tertiary/aromatic N) is 3. The molecule has 1 fully saturated rings. The van der Waals surface area contributed by atoms with Gasteiger partial charge in [0.15, 0.2) is 10.1 Å². The SMILES string of the molecule is O=C(CNc1nnc(SCc2cccc3ccccc23)s1)c1cccc(S(=O)(=O)N2CCCC2)c1. The summed E-state index contributed by atoms with van der Waals surface area (Å²) < 4.78 is 27.9. The van der Waals surface area contributed by atoms with Crippen LogP contribution < -0.4 is 5.32 Å². The number of rotatable bonds is 9. The molecule has 1 aliphatic heterocycles. The Bertz CT molecular complexity index is 1460. The molecule has 0 unspecified atom stereocenters. The number of ketones is 1. The molecule has 35 heavy (non-hydrogen) atoms. The molecule has 1 N–H and O–H groups in total. The van der Waals surface area contributed by atoms with Crippen LogP contribution in [-0.4, -0.2) is 48.3 Å². The highest BCUT2D eigenvalue weighted by atomic mass is 32.2. The van der Waals surface area contributed by atoms with E-state index in [1.54, 1.807) is 30.0 Å². The Labute approximate surface area is 212 Å². The molecule has 0 amide bonds. The zero-order chi connectivity index (χ0) is 24.3. The third-order valence-electron chi connectivity index (χ3n) is 5.90. The fourth-order valence-electron chi connectivity index (χ4n) is 4.06. The first-order valence-electron chi connectivity index (χ1n) is 11.3. The molecule has 4 aromatic rings. The van der Waals surface area contributed by atoms with Crippen molar-refractivity contribution in [3.8, 4) is 0 Å². The quantitative estimate of drug-likeness (QED) is 0.242. The molecule has 0 spiro atoms. The van der Waals surface area contributed by atoms with Crippen molar-refractivity contribution in [3.63, 3.8) is 0 Å². The van der Waals surface area contributed by atoms with Gasteiger partial charge in [-0.1, -0.05) is 77.7 Å². The summed E-state index contributed by atoms with van der Waals surface area (Å²) in [6, 6.07) is 20.8. The number of carbonyl (C=O) groups is 1. The number of carbonyl (C=O) groups excluding carboxylic acids is 1. The minimum absolute atomic E-state index is 0.00976. The van der Waals surface area contributed by atoms with Gasteiger partial charge in [-0.15, -0.1) is 10.2 Å². The first kappa shape index (κ1) is 23.9. The monoisotopic (exact) mass is 524 g/mol. The van der Waals surface area contributed by atoms with Crippen LogP contribution in [0.5, 0.6) is 0 Å². The normalized spacial score (nSPS) is 14.4. The van der Waals surface area contributed by atoms with Crippen molar-refractivity contribution >= 4 is 54.8 Å². The highest BCUT2D eigenvalue weighted by Gasteiger charge is 2.27. The molecule has 0 saturated carbocycles. The predicted octanol–water partition coefficient (Wildman–Crippen LogP) is 5.06. The van der Waals surface area contributed by atoms with E-state index in [4.69, 9.17) is 0 Å². The summed E-state index contributed by atoms with van der Waals surface area (Å²) in [5.74, 6) is 0.566. The maximum absolute atomic E-state index is 12.8. The molecule has 0 atom stereocenters. The molecule has 0 bridgehead atoms. The molecule has 0 aliphatic carbocycles. The Balaban J connectivity index is 1.19. The van der Waals surface area contributed by atoms with E-state index in [9.17, 15) is 13.2 Å². The summed E-state index contributed by atoms with van der Waals surface area (Å²) in [7, 11) is -3.56. The van der Waals surface area contributed by atoms with Gasteiger partial charge >= 0.3 is 0 Å². The number of hydrogen-bond acceptors (Lipinski definition) is 8. The van der Waals surface area contributed by atoms with Crippen LogP contribution in [-0.2, 0) is 15.8 Å². The zero-order valence-corrected chi connectivity index (χ0v) is 21.3. The Morgan fingerprint density at radius 2 is 1.77 bits per heavy atom. The first-order chi connectivity index (χ1) is 17.0. The molecule has 180 valence electrons. The Morgan fingerprint density at radius 3 is 2.63 bits per heavy atom. The topological polar surface area (TPSA) is 92.3 Å². The third kappa shape index (κ3) is 5.40. The molecule has 2 heterocycles. The van der Waals surface area contributed by atoms with Gasteiger partial charge in [0.2, 0.25) is 15.2 Å². The molecule has 1 aliphatic rings. The van der Waals surface area contributed by atoms with Gasteiger partial charge in [0.25, 0.3) is 0 Å². The van der Waals surface area contributed by atoms with E-state index in [0.717, 1.165) is 22.9 Å². The highest BCUT2D eigenvalue weighted by molar-refractivity contribution is 8.00. The lowest BCUT2D eigenvalue weighted by atomic mass is 10.1. The Morgan fingerprint density at radius 1 is 1.00 bits per heavy atom. The molecule has 1 aromatic heterocycles. The molecule has 1 saturated heterocycles. The smallest absolute Gasteiger partial charge is 0.243 e. The number of thioether (sulfide) groups is 1. The van der Waals surface area contributed by atoms with Crippen molar-refractivity contribution in [3.05, 3.63) is 77.9 Å². The number of Topliss-reactive ketones (excluding diaryl/α,β-unsaturated/α-hetero) is 1. The van der Waals surface area contributed by atoms with Gasteiger partial charge in [-0.25, -0.2) is 8.42 Å².